The average molecular weight is 568 g/mol. The molecule has 3 aliphatic carbocycles. The van der Waals surface area contributed by atoms with Crippen molar-refractivity contribution in [2.24, 2.45) is 11.8 Å². The fourth-order valence-corrected chi connectivity index (χ4v) is 7.05. The van der Waals surface area contributed by atoms with Gasteiger partial charge in [0.2, 0.25) is 5.78 Å². The molecule has 8 nitrogen and oxygen atoms in total. The van der Waals surface area contributed by atoms with Gasteiger partial charge < -0.3 is 25.7 Å². The molecule has 42 heavy (non-hydrogen) atoms. The zero-order valence-corrected chi connectivity index (χ0v) is 23.7. The molecule has 6 rings (SSSR count). The maximum absolute atomic E-state index is 14.0. The first-order valence-electron chi connectivity index (χ1n) is 14.2. The SMILES string of the molecule is CC(=O)C1=C(O)C[C@@H]2C[C@@H]3Cc4c(-c5ccc(CNC(C)C)c6ccccc56)ccc(O)c4C(=O)C3=C(O)[C@]2(O)C1=O. The maximum Gasteiger partial charge on any atom is 0.209 e. The van der Waals surface area contributed by atoms with Crippen LogP contribution >= 0.6 is 0 Å². The number of phenols is 1. The second-order valence-electron chi connectivity index (χ2n) is 11.9. The van der Waals surface area contributed by atoms with E-state index in [4.69, 9.17) is 0 Å². The van der Waals surface area contributed by atoms with Crippen LogP contribution in [0.15, 0.2) is 71.2 Å². The van der Waals surface area contributed by atoms with E-state index in [1.807, 2.05) is 24.3 Å². The summed E-state index contributed by atoms with van der Waals surface area (Å²) in [5, 5.41) is 49.8. The van der Waals surface area contributed by atoms with Gasteiger partial charge in [-0.25, -0.2) is 0 Å². The third-order valence-electron chi connectivity index (χ3n) is 9.06. The predicted octanol–water partition coefficient (Wildman–Crippen LogP) is 5.00. The Morgan fingerprint density at radius 2 is 1.67 bits per heavy atom. The molecule has 0 bridgehead atoms. The fraction of sp³-hybridized carbons (Fsp3) is 0.324. The van der Waals surface area contributed by atoms with Gasteiger partial charge in [0.25, 0.3) is 0 Å². The number of allylic oxidation sites excluding steroid dienone is 2. The number of aliphatic hydroxyl groups is 3. The number of aliphatic hydroxyl groups excluding tert-OH is 2. The lowest BCUT2D eigenvalue weighted by molar-refractivity contribution is -0.144. The second kappa shape index (κ2) is 9.93. The first-order valence-corrected chi connectivity index (χ1v) is 14.2. The lowest BCUT2D eigenvalue weighted by Gasteiger charge is -2.45. The molecule has 0 saturated carbocycles. The molecule has 0 aromatic heterocycles. The largest absolute Gasteiger partial charge is 0.511 e. The molecule has 8 heteroatoms. The highest BCUT2D eigenvalue weighted by Crippen LogP contribution is 2.52. The van der Waals surface area contributed by atoms with E-state index < -0.39 is 51.9 Å². The van der Waals surface area contributed by atoms with Gasteiger partial charge >= 0.3 is 0 Å². The maximum atomic E-state index is 14.0. The van der Waals surface area contributed by atoms with Crippen LogP contribution in [-0.2, 0) is 22.6 Å². The van der Waals surface area contributed by atoms with Crippen molar-refractivity contribution in [2.75, 3.05) is 0 Å². The molecule has 0 amide bonds. The van der Waals surface area contributed by atoms with E-state index in [0.717, 1.165) is 34.4 Å². The van der Waals surface area contributed by atoms with E-state index >= 15 is 0 Å². The minimum atomic E-state index is -2.50. The Balaban J connectivity index is 1.50. The predicted molar refractivity (Wildman–Crippen MR) is 157 cm³/mol. The van der Waals surface area contributed by atoms with Crippen LogP contribution in [0.3, 0.4) is 0 Å². The molecule has 0 heterocycles. The van der Waals surface area contributed by atoms with Crippen molar-refractivity contribution in [3.8, 4) is 16.9 Å². The number of Topliss-reactive ketones (excluding diaryl/α,β-unsaturated/α-hetero) is 3. The Labute approximate surface area is 243 Å². The number of aromatic hydroxyl groups is 1. The fourth-order valence-electron chi connectivity index (χ4n) is 7.05. The van der Waals surface area contributed by atoms with Crippen LogP contribution < -0.4 is 5.32 Å². The van der Waals surface area contributed by atoms with Gasteiger partial charge in [0, 0.05) is 30.5 Å². The molecule has 0 fully saturated rings. The van der Waals surface area contributed by atoms with Gasteiger partial charge in [-0.05, 0) is 64.8 Å². The normalized spacial score (nSPS) is 23.7. The van der Waals surface area contributed by atoms with Crippen LogP contribution in [0, 0.1) is 11.8 Å². The quantitative estimate of drug-likeness (QED) is 0.271. The number of carbonyl (C=O) groups is 3. The number of fused-ring (bicyclic) bond motifs is 4. The molecule has 3 aliphatic rings. The van der Waals surface area contributed by atoms with E-state index in [1.54, 1.807) is 6.07 Å². The molecule has 3 aromatic carbocycles. The lowest BCUT2D eigenvalue weighted by atomic mass is 9.60. The Morgan fingerprint density at radius 1 is 0.976 bits per heavy atom. The van der Waals surface area contributed by atoms with Crippen molar-refractivity contribution in [1.29, 1.82) is 0 Å². The highest BCUT2D eigenvalue weighted by atomic mass is 16.3. The van der Waals surface area contributed by atoms with Crippen LogP contribution in [0.4, 0.5) is 0 Å². The van der Waals surface area contributed by atoms with Crippen molar-refractivity contribution >= 4 is 28.1 Å². The van der Waals surface area contributed by atoms with Gasteiger partial charge in [-0.1, -0.05) is 56.3 Å². The number of phenolic OH excluding ortho intramolecular Hbond substituents is 1. The smallest absolute Gasteiger partial charge is 0.209 e. The summed E-state index contributed by atoms with van der Waals surface area (Å²) in [5.74, 6) is -5.48. The molecule has 0 aliphatic heterocycles. The Bertz CT molecular complexity index is 1760. The minimum absolute atomic E-state index is 0.0235. The van der Waals surface area contributed by atoms with Crippen LogP contribution in [-0.4, -0.2) is 49.4 Å². The van der Waals surface area contributed by atoms with Crippen LogP contribution in [0.1, 0.15) is 55.1 Å². The summed E-state index contributed by atoms with van der Waals surface area (Å²) in [6, 6.07) is 15.7. The van der Waals surface area contributed by atoms with Crippen molar-refractivity contribution < 1.29 is 34.8 Å². The highest BCUT2D eigenvalue weighted by Gasteiger charge is 2.59. The van der Waals surface area contributed by atoms with Gasteiger partial charge in [-0.3, -0.25) is 14.4 Å². The summed E-state index contributed by atoms with van der Waals surface area (Å²) in [6.45, 7) is 5.97. The number of ketones is 3. The van der Waals surface area contributed by atoms with Gasteiger partial charge in [-0.15, -0.1) is 0 Å². The number of benzene rings is 3. The van der Waals surface area contributed by atoms with Crippen molar-refractivity contribution in [3.63, 3.8) is 0 Å². The number of nitrogens with one attached hydrogen (secondary N) is 1. The Kier molecular flexibility index (Phi) is 6.59. The third kappa shape index (κ3) is 4.01. The summed E-state index contributed by atoms with van der Waals surface area (Å²) in [6.07, 6.45) is 0.202. The van der Waals surface area contributed by atoms with E-state index in [2.05, 4.69) is 31.3 Å². The molecular formula is C34H33NO7. The van der Waals surface area contributed by atoms with Crippen molar-refractivity contribution in [1.82, 2.24) is 5.32 Å². The summed E-state index contributed by atoms with van der Waals surface area (Å²) in [4.78, 5) is 39.4. The number of rotatable bonds is 5. The molecule has 0 radical (unpaired) electrons. The number of hydrogen-bond donors (Lipinski definition) is 5. The molecular weight excluding hydrogens is 534 g/mol. The van der Waals surface area contributed by atoms with Crippen LogP contribution in [0.5, 0.6) is 5.75 Å². The average Bonchev–Trinajstić information content (AvgIpc) is 2.93. The molecule has 216 valence electrons. The van der Waals surface area contributed by atoms with Gasteiger partial charge in [0.1, 0.15) is 22.8 Å². The molecule has 3 atom stereocenters. The minimum Gasteiger partial charge on any atom is -0.511 e. The van der Waals surface area contributed by atoms with E-state index in [0.29, 0.717) is 18.2 Å². The molecule has 0 spiro atoms. The number of carbonyl (C=O) groups excluding carboxylic acids is 3. The van der Waals surface area contributed by atoms with Gasteiger partial charge in [0.05, 0.1) is 5.56 Å². The third-order valence-corrected chi connectivity index (χ3v) is 9.06. The monoisotopic (exact) mass is 567 g/mol. The zero-order chi connectivity index (χ0) is 30.1. The molecule has 5 N–H and O–H groups in total. The summed E-state index contributed by atoms with van der Waals surface area (Å²) in [7, 11) is 0. The highest BCUT2D eigenvalue weighted by molar-refractivity contribution is 6.25. The summed E-state index contributed by atoms with van der Waals surface area (Å²) < 4.78 is 0. The van der Waals surface area contributed by atoms with Gasteiger partial charge in [-0.2, -0.15) is 0 Å². The van der Waals surface area contributed by atoms with E-state index in [-0.39, 0.29) is 36.1 Å². The van der Waals surface area contributed by atoms with Gasteiger partial charge in [0.15, 0.2) is 17.2 Å². The topological polar surface area (TPSA) is 144 Å². The Morgan fingerprint density at radius 3 is 2.36 bits per heavy atom. The number of hydrogen-bond acceptors (Lipinski definition) is 8. The lowest BCUT2D eigenvalue weighted by Crippen LogP contribution is -2.56. The van der Waals surface area contributed by atoms with E-state index in [9.17, 15) is 34.8 Å². The molecule has 0 unspecified atom stereocenters. The standard InChI is InChI=1S/C34H33NO7/c1-16(2)35-15-18-8-9-23(22-7-5-4-6-21(18)22)24-10-11-26(37)30-25(24)13-19-12-20-14-27(38)28(17(3)36)32(40)34(20,42)33(41)29(19)31(30)39/h4-11,16,19-20,35,37-38,41-42H,12-15H2,1-3H3/t19-,20+,34-/m1/s1. The summed E-state index contributed by atoms with van der Waals surface area (Å²) >= 11 is 0. The van der Waals surface area contributed by atoms with Crippen molar-refractivity contribution in [3.05, 3.63) is 87.9 Å². The molecule has 0 saturated heterocycles. The second-order valence-corrected chi connectivity index (χ2v) is 11.9. The zero-order valence-electron chi connectivity index (χ0n) is 23.7. The van der Waals surface area contributed by atoms with E-state index in [1.165, 1.54) is 6.07 Å². The molecule has 3 aromatic rings. The first kappa shape index (κ1) is 27.9. The first-order chi connectivity index (χ1) is 19.9. The van der Waals surface area contributed by atoms with Crippen LogP contribution in [0.2, 0.25) is 0 Å². The van der Waals surface area contributed by atoms with Crippen LogP contribution in [0.25, 0.3) is 21.9 Å². The van der Waals surface area contributed by atoms with Crippen molar-refractivity contribution in [2.45, 2.75) is 58.2 Å². The Hall–Kier alpha value is -4.27. The summed E-state index contributed by atoms with van der Waals surface area (Å²) in [5.41, 5.74) is 0.247.